The molecule has 6 nitrogen and oxygen atoms in total. The van der Waals surface area contributed by atoms with Crippen LogP contribution in [-0.2, 0) is 27.7 Å². The summed E-state index contributed by atoms with van der Waals surface area (Å²) in [6, 6.07) is 12.0. The minimum atomic E-state index is -3.87. The van der Waals surface area contributed by atoms with Crippen LogP contribution < -0.4 is 15.2 Å². The first-order valence-electron chi connectivity index (χ1n) is 8.27. The molecule has 0 saturated heterocycles. The van der Waals surface area contributed by atoms with Crippen LogP contribution in [0.3, 0.4) is 0 Å². The zero-order chi connectivity index (χ0) is 19.3. The molecule has 0 aliphatic rings. The van der Waals surface area contributed by atoms with Crippen molar-refractivity contribution in [2.45, 2.75) is 31.6 Å². The maximum absolute atomic E-state index is 12.3. The van der Waals surface area contributed by atoms with Crippen molar-refractivity contribution in [2.24, 2.45) is 11.1 Å². The van der Waals surface area contributed by atoms with E-state index in [-0.39, 0.29) is 22.9 Å². The number of rotatable bonds is 7. The number of methoxy groups -OCH3 is 1. The monoisotopic (exact) mass is 376 g/mol. The van der Waals surface area contributed by atoms with E-state index >= 15 is 0 Å². The third-order valence-electron chi connectivity index (χ3n) is 3.81. The summed E-state index contributed by atoms with van der Waals surface area (Å²) in [5.41, 5.74) is 2.36. The first kappa shape index (κ1) is 19.9. The minimum absolute atomic E-state index is 0.0911. The van der Waals surface area contributed by atoms with E-state index in [0.717, 1.165) is 12.0 Å². The Labute approximate surface area is 154 Å². The Morgan fingerprint density at radius 1 is 1.12 bits per heavy atom. The molecule has 0 aliphatic heterocycles. The molecule has 7 heteroatoms. The Morgan fingerprint density at radius 2 is 1.73 bits per heavy atom. The number of amides is 1. The van der Waals surface area contributed by atoms with E-state index in [1.807, 2.05) is 24.3 Å². The molecule has 0 aromatic heterocycles. The van der Waals surface area contributed by atoms with Gasteiger partial charge in [0.15, 0.2) is 0 Å². The number of benzene rings is 2. The number of nitrogens with one attached hydrogen (secondary N) is 1. The standard InChI is InChI=1S/C19H24N2O4S/c1-13(2)10-14-4-6-15(7-5-14)11-19(22)21-17-12-16(26(20,23)24)8-9-18(17)25-3/h4-9,12-13H,10-11H2,1-3H3,(H,21,22)(H2,20,23,24). The van der Waals surface area contributed by atoms with Crippen molar-refractivity contribution < 1.29 is 17.9 Å². The molecule has 0 bridgehead atoms. The summed E-state index contributed by atoms with van der Waals surface area (Å²) in [6.45, 7) is 4.31. The summed E-state index contributed by atoms with van der Waals surface area (Å²) in [5, 5.41) is 7.82. The minimum Gasteiger partial charge on any atom is -0.495 e. The molecule has 2 aromatic carbocycles. The lowest BCUT2D eigenvalue weighted by atomic mass is 10.0. The second-order valence-electron chi connectivity index (χ2n) is 6.55. The van der Waals surface area contributed by atoms with Crippen LogP contribution in [0.15, 0.2) is 47.4 Å². The van der Waals surface area contributed by atoms with Crippen LogP contribution >= 0.6 is 0 Å². The van der Waals surface area contributed by atoms with Crippen LogP contribution in [0.1, 0.15) is 25.0 Å². The number of ether oxygens (including phenoxy) is 1. The van der Waals surface area contributed by atoms with Crippen molar-refractivity contribution in [2.75, 3.05) is 12.4 Å². The highest BCUT2D eigenvalue weighted by Gasteiger charge is 2.14. The number of carbonyl (C=O) groups excluding carboxylic acids is 1. The molecule has 140 valence electrons. The number of hydrogen-bond donors (Lipinski definition) is 2. The summed E-state index contributed by atoms with van der Waals surface area (Å²) in [7, 11) is -2.43. The van der Waals surface area contributed by atoms with E-state index in [9.17, 15) is 13.2 Å². The van der Waals surface area contributed by atoms with E-state index < -0.39 is 10.0 Å². The van der Waals surface area contributed by atoms with Gasteiger partial charge in [-0.3, -0.25) is 4.79 Å². The van der Waals surface area contributed by atoms with Gasteiger partial charge in [0.05, 0.1) is 24.1 Å². The number of sulfonamides is 1. The van der Waals surface area contributed by atoms with Gasteiger partial charge in [-0.1, -0.05) is 38.1 Å². The van der Waals surface area contributed by atoms with E-state index in [1.54, 1.807) is 0 Å². The first-order chi connectivity index (χ1) is 12.2. The van der Waals surface area contributed by atoms with Gasteiger partial charge in [-0.15, -0.1) is 0 Å². The molecule has 0 unspecified atom stereocenters. The Hall–Kier alpha value is -2.38. The molecular formula is C19H24N2O4S. The highest BCUT2D eigenvalue weighted by molar-refractivity contribution is 7.89. The third-order valence-corrected chi connectivity index (χ3v) is 4.72. The zero-order valence-corrected chi connectivity index (χ0v) is 16.0. The zero-order valence-electron chi connectivity index (χ0n) is 15.2. The van der Waals surface area contributed by atoms with Crippen LogP contribution in [0.5, 0.6) is 5.75 Å². The molecule has 3 N–H and O–H groups in total. The van der Waals surface area contributed by atoms with Gasteiger partial charge in [-0.05, 0) is 41.7 Å². The molecule has 0 atom stereocenters. The van der Waals surface area contributed by atoms with Gasteiger partial charge in [0, 0.05) is 0 Å². The molecule has 0 saturated carbocycles. The van der Waals surface area contributed by atoms with Gasteiger partial charge in [0.1, 0.15) is 5.75 Å². The van der Waals surface area contributed by atoms with Crippen molar-refractivity contribution in [3.8, 4) is 5.75 Å². The molecule has 2 rings (SSSR count). The number of carbonyl (C=O) groups is 1. The fourth-order valence-electron chi connectivity index (χ4n) is 2.61. The number of hydrogen-bond acceptors (Lipinski definition) is 4. The molecule has 1 amide bonds. The third kappa shape index (κ3) is 5.57. The Kier molecular flexibility index (Phi) is 6.39. The summed E-state index contributed by atoms with van der Waals surface area (Å²) < 4.78 is 28.2. The molecule has 26 heavy (non-hydrogen) atoms. The Bertz CT molecular complexity index is 875. The smallest absolute Gasteiger partial charge is 0.238 e. The molecule has 0 radical (unpaired) electrons. The highest BCUT2D eigenvalue weighted by Crippen LogP contribution is 2.27. The molecule has 0 aliphatic carbocycles. The fraction of sp³-hybridized carbons (Fsp3) is 0.316. The quantitative estimate of drug-likeness (QED) is 0.776. The van der Waals surface area contributed by atoms with E-state index in [2.05, 4.69) is 19.2 Å². The van der Waals surface area contributed by atoms with Crippen molar-refractivity contribution in [3.05, 3.63) is 53.6 Å². The Morgan fingerprint density at radius 3 is 2.27 bits per heavy atom. The predicted molar refractivity (Wildman–Crippen MR) is 102 cm³/mol. The number of nitrogens with two attached hydrogens (primary N) is 1. The van der Waals surface area contributed by atoms with E-state index in [0.29, 0.717) is 11.7 Å². The first-order valence-corrected chi connectivity index (χ1v) is 9.82. The largest absolute Gasteiger partial charge is 0.495 e. The second kappa shape index (κ2) is 8.33. The van der Waals surface area contributed by atoms with Crippen molar-refractivity contribution >= 4 is 21.6 Å². The number of primary sulfonamides is 1. The van der Waals surface area contributed by atoms with Crippen LogP contribution in [0.2, 0.25) is 0 Å². The Balaban J connectivity index is 2.12. The van der Waals surface area contributed by atoms with E-state index in [4.69, 9.17) is 9.88 Å². The predicted octanol–water partition coefficient (Wildman–Crippen LogP) is 2.72. The topological polar surface area (TPSA) is 98.5 Å². The molecule has 0 spiro atoms. The number of anilines is 1. The van der Waals surface area contributed by atoms with Gasteiger partial charge in [0.2, 0.25) is 15.9 Å². The highest BCUT2D eigenvalue weighted by atomic mass is 32.2. The lowest BCUT2D eigenvalue weighted by molar-refractivity contribution is -0.115. The van der Waals surface area contributed by atoms with Crippen LogP contribution in [-0.4, -0.2) is 21.4 Å². The van der Waals surface area contributed by atoms with Crippen molar-refractivity contribution in [1.29, 1.82) is 0 Å². The van der Waals surface area contributed by atoms with Gasteiger partial charge in [0.25, 0.3) is 0 Å². The van der Waals surface area contributed by atoms with Gasteiger partial charge < -0.3 is 10.1 Å². The second-order valence-corrected chi connectivity index (χ2v) is 8.11. The SMILES string of the molecule is COc1ccc(S(N)(=O)=O)cc1NC(=O)Cc1ccc(CC(C)C)cc1. The molecule has 0 fully saturated rings. The summed E-state index contributed by atoms with van der Waals surface area (Å²) in [6.07, 6.45) is 1.16. The van der Waals surface area contributed by atoms with Crippen LogP contribution in [0.4, 0.5) is 5.69 Å². The summed E-state index contributed by atoms with van der Waals surface area (Å²) in [4.78, 5) is 12.2. The average molecular weight is 376 g/mol. The fourth-order valence-corrected chi connectivity index (χ4v) is 3.15. The average Bonchev–Trinajstić information content (AvgIpc) is 2.55. The molecule has 0 heterocycles. The van der Waals surface area contributed by atoms with Crippen LogP contribution in [0, 0.1) is 5.92 Å². The van der Waals surface area contributed by atoms with Gasteiger partial charge >= 0.3 is 0 Å². The normalized spacial score (nSPS) is 11.4. The maximum atomic E-state index is 12.3. The summed E-state index contributed by atoms with van der Waals surface area (Å²) in [5.74, 6) is 0.659. The van der Waals surface area contributed by atoms with E-state index in [1.165, 1.54) is 30.9 Å². The lowest BCUT2D eigenvalue weighted by Gasteiger charge is -2.12. The maximum Gasteiger partial charge on any atom is 0.238 e. The lowest BCUT2D eigenvalue weighted by Crippen LogP contribution is -2.17. The molecule has 2 aromatic rings. The van der Waals surface area contributed by atoms with Crippen molar-refractivity contribution in [3.63, 3.8) is 0 Å². The van der Waals surface area contributed by atoms with Gasteiger partial charge in [-0.25, -0.2) is 13.6 Å². The van der Waals surface area contributed by atoms with Crippen LogP contribution in [0.25, 0.3) is 0 Å². The van der Waals surface area contributed by atoms with Crippen molar-refractivity contribution in [1.82, 2.24) is 0 Å². The molecular weight excluding hydrogens is 352 g/mol. The summed E-state index contributed by atoms with van der Waals surface area (Å²) >= 11 is 0. The van der Waals surface area contributed by atoms with Gasteiger partial charge in [-0.2, -0.15) is 0 Å².